The quantitative estimate of drug-likeness (QED) is 0.548. The zero-order valence-corrected chi connectivity index (χ0v) is 18.8. The summed E-state index contributed by atoms with van der Waals surface area (Å²) in [6.45, 7) is 0.450. The number of ether oxygens (including phenoxy) is 1. The van der Waals surface area contributed by atoms with Crippen molar-refractivity contribution in [3.8, 4) is 5.75 Å². The van der Waals surface area contributed by atoms with Crippen molar-refractivity contribution < 1.29 is 17.9 Å². The maximum absolute atomic E-state index is 13.5. The number of benzene rings is 3. The molecule has 0 bridgehead atoms. The highest BCUT2D eigenvalue weighted by atomic mass is 32.2. The lowest BCUT2D eigenvalue weighted by Gasteiger charge is -2.31. The standard InChI is InChI=1S/C25H26N2O4S/c1-31-22-13-15-23(16-14-22)32(29,30)26(18-20-8-3-2-4-9-20)19-25(28)27-17-7-11-21-10-5-6-12-24(21)27/h2-6,8-10,12-16H,7,11,17-19H2,1H3. The highest BCUT2D eigenvalue weighted by molar-refractivity contribution is 7.89. The fraction of sp³-hybridized carbons (Fsp3) is 0.240. The Morgan fingerprint density at radius 1 is 0.969 bits per heavy atom. The number of anilines is 1. The molecule has 0 aliphatic carbocycles. The smallest absolute Gasteiger partial charge is 0.243 e. The molecule has 3 aromatic rings. The molecule has 6 nitrogen and oxygen atoms in total. The van der Waals surface area contributed by atoms with E-state index in [0.717, 1.165) is 29.7 Å². The molecular weight excluding hydrogens is 424 g/mol. The molecule has 1 aliphatic rings. The van der Waals surface area contributed by atoms with Crippen molar-refractivity contribution in [2.45, 2.75) is 24.3 Å². The monoisotopic (exact) mass is 450 g/mol. The zero-order chi connectivity index (χ0) is 22.6. The number of rotatable bonds is 7. The summed E-state index contributed by atoms with van der Waals surface area (Å²) in [5, 5.41) is 0. The first-order chi connectivity index (χ1) is 15.5. The van der Waals surface area contributed by atoms with Crippen molar-refractivity contribution in [3.63, 3.8) is 0 Å². The topological polar surface area (TPSA) is 66.9 Å². The molecule has 0 fully saturated rings. The van der Waals surface area contributed by atoms with Crippen molar-refractivity contribution in [1.82, 2.24) is 4.31 Å². The Hall–Kier alpha value is -3.16. The SMILES string of the molecule is COc1ccc(S(=O)(=O)N(CC(=O)N2CCCc3ccccc32)Cc2ccccc2)cc1. The molecular formula is C25H26N2O4S. The minimum absolute atomic E-state index is 0.108. The first-order valence-corrected chi connectivity index (χ1v) is 12.0. The summed E-state index contributed by atoms with van der Waals surface area (Å²) in [5.41, 5.74) is 2.79. The Morgan fingerprint density at radius 2 is 1.66 bits per heavy atom. The van der Waals surface area contributed by atoms with Crippen molar-refractivity contribution in [2.75, 3.05) is 25.1 Å². The summed E-state index contributed by atoms with van der Waals surface area (Å²) in [7, 11) is -2.38. The number of hydrogen-bond donors (Lipinski definition) is 0. The molecule has 7 heteroatoms. The van der Waals surface area contributed by atoms with Crippen LogP contribution in [0.15, 0.2) is 83.8 Å². The van der Waals surface area contributed by atoms with Crippen LogP contribution >= 0.6 is 0 Å². The number of sulfonamides is 1. The van der Waals surface area contributed by atoms with E-state index >= 15 is 0 Å². The molecule has 0 spiro atoms. The number of para-hydroxylation sites is 1. The Labute approximate surface area is 189 Å². The molecule has 166 valence electrons. The van der Waals surface area contributed by atoms with Crippen LogP contribution < -0.4 is 9.64 Å². The molecule has 0 N–H and O–H groups in total. The average Bonchev–Trinajstić information content (AvgIpc) is 2.84. The van der Waals surface area contributed by atoms with Crippen LogP contribution in [0.5, 0.6) is 5.75 Å². The van der Waals surface area contributed by atoms with Crippen LogP contribution in [0.3, 0.4) is 0 Å². The van der Waals surface area contributed by atoms with Crippen molar-refractivity contribution in [3.05, 3.63) is 90.0 Å². The second-order valence-electron chi connectivity index (χ2n) is 7.71. The third-order valence-corrected chi connectivity index (χ3v) is 7.43. The van der Waals surface area contributed by atoms with Gasteiger partial charge in [-0.1, -0.05) is 48.5 Å². The largest absolute Gasteiger partial charge is 0.497 e. The molecule has 0 radical (unpaired) electrons. The van der Waals surface area contributed by atoms with E-state index in [9.17, 15) is 13.2 Å². The van der Waals surface area contributed by atoms with Crippen molar-refractivity contribution in [2.24, 2.45) is 0 Å². The summed E-state index contributed by atoms with van der Waals surface area (Å²) in [6, 6.07) is 23.3. The van der Waals surface area contributed by atoms with Crippen molar-refractivity contribution in [1.29, 1.82) is 0 Å². The maximum Gasteiger partial charge on any atom is 0.243 e. The van der Waals surface area contributed by atoms with Gasteiger partial charge in [0.2, 0.25) is 15.9 Å². The first kappa shape index (κ1) is 22.0. The highest BCUT2D eigenvalue weighted by Crippen LogP contribution is 2.28. The van der Waals surface area contributed by atoms with Gasteiger partial charge in [-0.3, -0.25) is 4.79 Å². The van der Waals surface area contributed by atoms with Gasteiger partial charge in [0.15, 0.2) is 0 Å². The second kappa shape index (κ2) is 9.54. The lowest BCUT2D eigenvalue weighted by atomic mass is 10.0. The predicted molar refractivity (Wildman–Crippen MR) is 124 cm³/mol. The predicted octanol–water partition coefficient (Wildman–Crippen LogP) is 3.87. The van der Waals surface area contributed by atoms with Gasteiger partial charge in [-0.05, 0) is 54.3 Å². The van der Waals surface area contributed by atoms with Crippen LogP contribution in [0.4, 0.5) is 5.69 Å². The van der Waals surface area contributed by atoms with Gasteiger partial charge in [-0.2, -0.15) is 4.31 Å². The van der Waals surface area contributed by atoms with Gasteiger partial charge in [-0.25, -0.2) is 8.42 Å². The Balaban J connectivity index is 1.64. The van der Waals surface area contributed by atoms with Crippen molar-refractivity contribution >= 4 is 21.6 Å². The number of amides is 1. The highest BCUT2D eigenvalue weighted by Gasteiger charge is 2.30. The van der Waals surface area contributed by atoms with Gasteiger partial charge in [0, 0.05) is 18.8 Å². The fourth-order valence-corrected chi connectivity index (χ4v) is 5.32. The Kier molecular flexibility index (Phi) is 6.58. The van der Waals surface area contributed by atoms with E-state index in [1.54, 1.807) is 17.0 Å². The third-order valence-electron chi connectivity index (χ3n) is 5.62. The number of carbonyl (C=O) groups excluding carboxylic acids is 1. The second-order valence-corrected chi connectivity index (χ2v) is 9.65. The number of nitrogens with zero attached hydrogens (tertiary/aromatic N) is 2. The van der Waals surface area contributed by atoms with Crippen LogP contribution in [-0.2, 0) is 27.8 Å². The molecule has 1 amide bonds. The lowest BCUT2D eigenvalue weighted by Crippen LogP contribution is -2.44. The molecule has 0 aromatic heterocycles. The van der Waals surface area contributed by atoms with Gasteiger partial charge >= 0.3 is 0 Å². The molecule has 1 heterocycles. The van der Waals surface area contributed by atoms with E-state index in [-0.39, 0.29) is 23.9 Å². The fourth-order valence-electron chi connectivity index (χ4n) is 3.94. The van der Waals surface area contributed by atoms with Crippen LogP contribution in [0, 0.1) is 0 Å². The molecule has 0 unspecified atom stereocenters. The van der Waals surface area contributed by atoms with E-state index in [1.165, 1.54) is 23.5 Å². The number of aryl methyl sites for hydroxylation is 1. The van der Waals surface area contributed by atoms with Gasteiger partial charge in [-0.15, -0.1) is 0 Å². The molecule has 32 heavy (non-hydrogen) atoms. The van der Waals surface area contributed by atoms with Gasteiger partial charge < -0.3 is 9.64 Å². The maximum atomic E-state index is 13.5. The van der Waals surface area contributed by atoms with E-state index in [0.29, 0.717) is 12.3 Å². The molecule has 4 rings (SSSR count). The van der Waals surface area contributed by atoms with E-state index in [2.05, 4.69) is 0 Å². The number of carbonyl (C=O) groups is 1. The summed E-state index contributed by atoms with van der Waals surface area (Å²) in [4.78, 5) is 15.2. The van der Waals surface area contributed by atoms with Crippen LogP contribution in [0.1, 0.15) is 17.5 Å². The molecule has 0 saturated carbocycles. The number of fused-ring (bicyclic) bond motifs is 1. The van der Waals surface area contributed by atoms with Crippen LogP contribution in [0.2, 0.25) is 0 Å². The van der Waals surface area contributed by atoms with Gasteiger partial charge in [0.25, 0.3) is 0 Å². The minimum Gasteiger partial charge on any atom is -0.497 e. The minimum atomic E-state index is -3.91. The molecule has 1 aliphatic heterocycles. The Bertz CT molecular complexity index is 1180. The number of methoxy groups -OCH3 is 1. The molecule has 3 aromatic carbocycles. The van der Waals surface area contributed by atoms with Crippen LogP contribution in [0.25, 0.3) is 0 Å². The molecule has 0 saturated heterocycles. The summed E-state index contributed by atoms with van der Waals surface area (Å²) in [6.07, 6.45) is 1.77. The number of hydrogen-bond acceptors (Lipinski definition) is 4. The van der Waals surface area contributed by atoms with Crippen LogP contribution in [-0.4, -0.2) is 38.8 Å². The van der Waals surface area contributed by atoms with Gasteiger partial charge in [0.1, 0.15) is 5.75 Å². The zero-order valence-electron chi connectivity index (χ0n) is 18.0. The third kappa shape index (κ3) is 4.69. The van der Waals surface area contributed by atoms with E-state index < -0.39 is 10.0 Å². The normalized spacial score (nSPS) is 13.6. The van der Waals surface area contributed by atoms with Gasteiger partial charge in [0.05, 0.1) is 18.6 Å². The lowest BCUT2D eigenvalue weighted by molar-refractivity contribution is -0.119. The summed E-state index contributed by atoms with van der Waals surface area (Å²) >= 11 is 0. The Morgan fingerprint density at radius 3 is 2.38 bits per heavy atom. The first-order valence-electron chi connectivity index (χ1n) is 10.6. The summed E-state index contributed by atoms with van der Waals surface area (Å²) < 4.78 is 33.4. The molecule has 0 atom stereocenters. The average molecular weight is 451 g/mol. The van der Waals surface area contributed by atoms with E-state index in [4.69, 9.17) is 4.74 Å². The van der Waals surface area contributed by atoms with E-state index in [1.807, 2.05) is 54.6 Å². The summed E-state index contributed by atoms with van der Waals surface area (Å²) in [5.74, 6) is 0.338.